The molecule has 1 fully saturated rings. The molecule has 0 N–H and O–H groups in total. The second-order valence-electron chi connectivity index (χ2n) is 5.82. The number of benzene rings is 1. The van der Waals surface area contributed by atoms with Crippen molar-refractivity contribution in [3.05, 3.63) is 35.4 Å². The molecular formula is C17H27N. The molecule has 0 saturated carbocycles. The Morgan fingerprint density at radius 2 is 1.94 bits per heavy atom. The molecule has 0 aromatic heterocycles. The zero-order chi connectivity index (χ0) is 13.2. The molecule has 100 valence electrons. The Morgan fingerprint density at radius 3 is 2.72 bits per heavy atom. The van der Waals surface area contributed by atoms with Crippen LogP contribution in [-0.2, 0) is 11.8 Å². The summed E-state index contributed by atoms with van der Waals surface area (Å²) in [6.07, 6.45) is 3.98. The van der Waals surface area contributed by atoms with Crippen LogP contribution in [0, 0.1) is 5.92 Å². The summed E-state index contributed by atoms with van der Waals surface area (Å²) in [6.45, 7) is 9.02. The number of hydrogen-bond acceptors (Lipinski definition) is 1. The standard InChI is InChI=1S/C15H21N.C2H6/c1-15-9-10-16(2)11-13(15)8-7-12-5-3-4-6-14(12)15;1-2/h3-6,13H,7-11H2,1-2H3;1-2H3. The van der Waals surface area contributed by atoms with Crippen molar-refractivity contribution < 1.29 is 0 Å². The SMILES string of the molecule is CC.CN1CCC2(C)c3ccccc3CCC2C1. The van der Waals surface area contributed by atoms with Crippen LogP contribution in [0.4, 0.5) is 0 Å². The summed E-state index contributed by atoms with van der Waals surface area (Å²) in [5.74, 6) is 0.862. The molecule has 0 amide bonds. The maximum atomic E-state index is 2.50. The molecule has 2 unspecified atom stereocenters. The molecule has 18 heavy (non-hydrogen) atoms. The third-order valence-electron chi connectivity index (χ3n) is 4.84. The lowest BCUT2D eigenvalue weighted by atomic mass is 9.61. The predicted octanol–water partition coefficient (Wildman–Crippen LogP) is 3.87. The first-order valence-electron chi connectivity index (χ1n) is 7.47. The van der Waals surface area contributed by atoms with Crippen molar-refractivity contribution in [2.75, 3.05) is 20.1 Å². The van der Waals surface area contributed by atoms with Crippen LogP contribution in [0.2, 0.25) is 0 Å². The molecule has 0 spiro atoms. The van der Waals surface area contributed by atoms with E-state index >= 15 is 0 Å². The lowest BCUT2D eigenvalue weighted by Crippen LogP contribution is -2.49. The van der Waals surface area contributed by atoms with Crippen molar-refractivity contribution in [1.29, 1.82) is 0 Å². The number of fused-ring (bicyclic) bond motifs is 3. The molecule has 1 aromatic rings. The fourth-order valence-corrected chi connectivity index (χ4v) is 3.69. The molecule has 1 nitrogen and oxygen atoms in total. The number of aryl methyl sites for hydroxylation is 1. The monoisotopic (exact) mass is 245 g/mol. The fraction of sp³-hybridized carbons (Fsp3) is 0.647. The lowest BCUT2D eigenvalue weighted by molar-refractivity contribution is 0.106. The van der Waals surface area contributed by atoms with E-state index in [-0.39, 0.29) is 0 Å². The minimum atomic E-state index is 0.446. The van der Waals surface area contributed by atoms with E-state index in [0.29, 0.717) is 5.41 Å². The van der Waals surface area contributed by atoms with E-state index in [1.165, 1.54) is 32.4 Å². The Labute approximate surface area is 112 Å². The van der Waals surface area contributed by atoms with Gasteiger partial charge >= 0.3 is 0 Å². The Hall–Kier alpha value is -0.820. The van der Waals surface area contributed by atoms with E-state index in [9.17, 15) is 0 Å². The number of rotatable bonds is 0. The van der Waals surface area contributed by atoms with Gasteiger partial charge < -0.3 is 4.90 Å². The van der Waals surface area contributed by atoms with Crippen LogP contribution >= 0.6 is 0 Å². The minimum Gasteiger partial charge on any atom is -0.306 e. The largest absolute Gasteiger partial charge is 0.306 e. The lowest BCUT2D eigenvalue weighted by Gasteiger charge is -2.49. The van der Waals surface area contributed by atoms with Crippen molar-refractivity contribution in [2.24, 2.45) is 5.92 Å². The van der Waals surface area contributed by atoms with Crippen molar-refractivity contribution in [2.45, 2.75) is 45.4 Å². The second-order valence-corrected chi connectivity index (χ2v) is 5.82. The smallest absolute Gasteiger partial charge is 0.00152 e. The molecule has 0 bridgehead atoms. The average molecular weight is 245 g/mol. The van der Waals surface area contributed by atoms with Crippen molar-refractivity contribution >= 4 is 0 Å². The van der Waals surface area contributed by atoms with Gasteiger partial charge in [-0.1, -0.05) is 45.0 Å². The molecule has 1 aliphatic carbocycles. The highest BCUT2D eigenvalue weighted by molar-refractivity contribution is 5.37. The first-order valence-corrected chi connectivity index (χ1v) is 7.47. The van der Waals surface area contributed by atoms with E-state index < -0.39 is 0 Å². The van der Waals surface area contributed by atoms with E-state index in [1.807, 2.05) is 13.8 Å². The van der Waals surface area contributed by atoms with E-state index in [1.54, 1.807) is 11.1 Å². The van der Waals surface area contributed by atoms with Crippen LogP contribution in [-0.4, -0.2) is 25.0 Å². The third-order valence-corrected chi connectivity index (χ3v) is 4.84. The summed E-state index contributed by atoms with van der Waals surface area (Å²) < 4.78 is 0. The highest BCUT2D eigenvalue weighted by atomic mass is 15.1. The van der Waals surface area contributed by atoms with Gasteiger partial charge in [-0.3, -0.25) is 0 Å². The van der Waals surface area contributed by atoms with Gasteiger partial charge in [-0.25, -0.2) is 0 Å². The van der Waals surface area contributed by atoms with E-state index in [0.717, 1.165) is 5.92 Å². The zero-order valence-corrected chi connectivity index (χ0v) is 12.4. The van der Waals surface area contributed by atoms with Gasteiger partial charge in [0.05, 0.1) is 0 Å². The molecule has 2 atom stereocenters. The van der Waals surface area contributed by atoms with E-state index in [2.05, 4.69) is 43.1 Å². The molecule has 1 heterocycles. The fourth-order valence-electron chi connectivity index (χ4n) is 3.69. The Bertz CT molecular complexity index is 398. The molecule has 1 aliphatic heterocycles. The normalized spacial score (nSPS) is 30.8. The highest BCUT2D eigenvalue weighted by Gasteiger charge is 2.42. The Kier molecular flexibility index (Phi) is 4.11. The molecule has 2 aliphatic rings. The number of likely N-dealkylation sites (tertiary alicyclic amines) is 1. The van der Waals surface area contributed by atoms with Gasteiger partial charge in [-0.2, -0.15) is 0 Å². The number of piperidine rings is 1. The molecule has 1 aromatic carbocycles. The topological polar surface area (TPSA) is 3.24 Å². The van der Waals surface area contributed by atoms with Crippen molar-refractivity contribution in [1.82, 2.24) is 4.90 Å². The summed E-state index contributed by atoms with van der Waals surface area (Å²) >= 11 is 0. The zero-order valence-electron chi connectivity index (χ0n) is 12.4. The molecule has 1 saturated heterocycles. The Balaban J connectivity index is 0.000000574. The van der Waals surface area contributed by atoms with Gasteiger partial charge in [0, 0.05) is 6.54 Å². The van der Waals surface area contributed by atoms with Crippen LogP contribution in [0.15, 0.2) is 24.3 Å². The first-order chi connectivity index (χ1) is 8.70. The summed E-state index contributed by atoms with van der Waals surface area (Å²) in [5, 5.41) is 0. The predicted molar refractivity (Wildman–Crippen MR) is 79.1 cm³/mol. The third kappa shape index (κ3) is 2.21. The maximum Gasteiger partial charge on any atom is 0.00152 e. The average Bonchev–Trinajstić information content (AvgIpc) is 2.42. The van der Waals surface area contributed by atoms with E-state index in [4.69, 9.17) is 0 Å². The van der Waals surface area contributed by atoms with Gasteiger partial charge in [0.25, 0.3) is 0 Å². The number of hydrogen-bond donors (Lipinski definition) is 0. The molecular weight excluding hydrogens is 218 g/mol. The summed E-state index contributed by atoms with van der Waals surface area (Å²) in [5.41, 5.74) is 3.69. The van der Waals surface area contributed by atoms with Crippen LogP contribution in [0.5, 0.6) is 0 Å². The van der Waals surface area contributed by atoms with Gasteiger partial charge in [0.15, 0.2) is 0 Å². The summed E-state index contributed by atoms with van der Waals surface area (Å²) in [4.78, 5) is 2.50. The van der Waals surface area contributed by atoms with Crippen LogP contribution < -0.4 is 0 Å². The summed E-state index contributed by atoms with van der Waals surface area (Å²) in [7, 11) is 2.26. The van der Waals surface area contributed by atoms with Gasteiger partial charge in [0.1, 0.15) is 0 Å². The van der Waals surface area contributed by atoms with Crippen LogP contribution in [0.25, 0.3) is 0 Å². The van der Waals surface area contributed by atoms with Gasteiger partial charge in [-0.05, 0) is 55.3 Å². The second kappa shape index (κ2) is 5.44. The van der Waals surface area contributed by atoms with Crippen LogP contribution in [0.1, 0.15) is 44.7 Å². The number of nitrogens with zero attached hydrogens (tertiary/aromatic N) is 1. The summed E-state index contributed by atoms with van der Waals surface area (Å²) in [6, 6.07) is 9.10. The van der Waals surface area contributed by atoms with Crippen molar-refractivity contribution in [3.8, 4) is 0 Å². The Morgan fingerprint density at radius 1 is 1.22 bits per heavy atom. The van der Waals surface area contributed by atoms with Crippen molar-refractivity contribution in [3.63, 3.8) is 0 Å². The maximum absolute atomic E-state index is 2.50. The quantitative estimate of drug-likeness (QED) is 0.670. The van der Waals surface area contributed by atoms with Crippen LogP contribution in [0.3, 0.4) is 0 Å². The molecule has 1 heteroatoms. The van der Waals surface area contributed by atoms with Gasteiger partial charge in [0.2, 0.25) is 0 Å². The highest BCUT2D eigenvalue weighted by Crippen LogP contribution is 2.46. The molecule has 0 radical (unpaired) electrons. The molecule has 3 rings (SSSR count). The minimum absolute atomic E-state index is 0.446. The van der Waals surface area contributed by atoms with Gasteiger partial charge in [-0.15, -0.1) is 0 Å². The first kappa shape index (κ1) is 13.6.